The van der Waals surface area contributed by atoms with E-state index in [1.165, 1.54) is 32.1 Å². The average molecular weight is 287 g/mol. The van der Waals surface area contributed by atoms with Crippen molar-refractivity contribution in [3.8, 4) is 0 Å². The van der Waals surface area contributed by atoms with Gasteiger partial charge in [-0.25, -0.2) is 4.39 Å². The topological polar surface area (TPSA) is 12.0 Å². The fourth-order valence-corrected chi connectivity index (χ4v) is 5.61. The molecule has 0 heterocycles. The van der Waals surface area contributed by atoms with Gasteiger partial charge in [-0.3, -0.25) is 0 Å². The number of nitrogens with one attached hydrogen (secondary N) is 1. The zero-order valence-corrected chi connectivity index (χ0v) is 12.9. The summed E-state index contributed by atoms with van der Waals surface area (Å²) in [6.07, 6.45) is 8.11. The molecule has 4 fully saturated rings. The van der Waals surface area contributed by atoms with Gasteiger partial charge in [0.1, 0.15) is 5.82 Å². The molecule has 0 aliphatic heterocycles. The Balaban J connectivity index is 1.53. The van der Waals surface area contributed by atoms with E-state index in [1.54, 1.807) is 12.1 Å². The Morgan fingerprint density at radius 1 is 1.05 bits per heavy atom. The summed E-state index contributed by atoms with van der Waals surface area (Å²) in [6.45, 7) is 2.17. The summed E-state index contributed by atoms with van der Waals surface area (Å²) >= 11 is 0. The van der Waals surface area contributed by atoms with Gasteiger partial charge in [0, 0.05) is 17.6 Å². The third kappa shape index (κ3) is 2.42. The second-order valence-corrected chi connectivity index (χ2v) is 7.61. The molecule has 1 nitrogen and oxygen atoms in total. The standard InChI is InChI=1S/C19H26FN/c1-2-18(16-5-3-4-6-17(16)20)21-19-14-8-12-7-13(10-14)11-15(19)9-12/h3-6,12-15,18-19,21H,2,7-11H2,1H3. The summed E-state index contributed by atoms with van der Waals surface area (Å²) in [6, 6.07) is 8.09. The van der Waals surface area contributed by atoms with Gasteiger partial charge in [0.15, 0.2) is 0 Å². The normalized spacial score (nSPS) is 38.7. The molecule has 1 aromatic carbocycles. The molecule has 114 valence electrons. The molecule has 4 saturated carbocycles. The smallest absolute Gasteiger partial charge is 0.127 e. The van der Waals surface area contributed by atoms with Crippen molar-refractivity contribution in [1.82, 2.24) is 5.32 Å². The highest BCUT2D eigenvalue weighted by Gasteiger charge is 2.48. The van der Waals surface area contributed by atoms with E-state index in [2.05, 4.69) is 12.2 Å². The summed E-state index contributed by atoms with van der Waals surface area (Å²) in [4.78, 5) is 0. The van der Waals surface area contributed by atoms with Crippen molar-refractivity contribution in [3.05, 3.63) is 35.6 Å². The van der Waals surface area contributed by atoms with E-state index in [9.17, 15) is 4.39 Å². The van der Waals surface area contributed by atoms with Crippen LogP contribution < -0.4 is 5.32 Å². The predicted molar refractivity (Wildman–Crippen MR) is 83.4 cm³/mol. The quantitative estimate of drug-likeness (QED) is 0.847. The Kier molecular flexibility index (Phi) is 3.53. The van der Waals surface area contributed by atoms with Gasteiger partial charge in [0.2, 0.25) is 0 Å². The number of halogens is 1. The maximum absolute atomic E-state index is 14.1. The van der Waals surface area contributed by atoms with Crippen LogP contribution in [0.5, 0.6) is 0 Å². The molecule has 1 atom stereocenters. The Hall–Kier alpha value is -0.890. The largest absolute Gasteiger partial charge is 0.307 e. The summed E-state index contributed by atoms with van der Waals surface area (Å²) < 4.78 is 14.1. The van der Waals surface area contributed by atoms with Gasteiger partial charge in [-0.05, 0) is 68.3 Å². The molecule has 1 aromatic rings. The Labute approximate surface area is 127 Å². The van der Waals surface area contributed by atoms with Crippen molar-refractivity contribution in [2.45, 2.75) is 57.5 Å². The number of hydrogen-bond acceptors (Lipinski definition) is 1. The van der Waals surface area contributed by atoms with Crippen LogP contribution in [-0.2, 0) is 0 Å². The Morgan fingerprint density at radius 2 is 1.67 bits per heavy atom. The molecule has 4 bridgehead atoms. The molecule has 4 aliphatic carbocycles. The Bertz CT molecular complexity index is 484. The molecule has 21 heavy (non-hydrogen) atoms. The zero-order valence-electron chi connectivity index (χ0n) is 12.9. The van der Waals surface area contributed by atoms with Gasteiger partial charge in [0.25, 0.3) is 0 Å². The van der Waals surface area contributed by atoms with Crippen LogP contribution in [0.15, 0.2) is 24.3 Å². The molecule has 0 spiro atoms. The highest BCUT2D eigenvalue weighted by atomic mass is 19.1. The van der Waals surface area contributed by atoms with Gasteiger partial charge >= 0.3 is 0 Å². The minimum absolute atomic E-state index is 0.0549. The highest BCUT2D eigenvalue weighted by Crippen LogP contribution is 2.54. The molecule has 2 heteroatoms. The van der Waals surface area contributed by atoms with Gasteiger partial charge in [-0.15, -0.1) is 0 Å². The lowest BCUT2D eigenvalue weighted by Gasteiger charge is -2.55. The van der Waals surface area contributed by atoms with Gasteiger partial charge in [-0.1, -0.05) is 25.1 Å². The third-order valence-electron chi connectivity index (χ3n) is 6.31. The lowest BCUT2D eigenvalue weighted by atomic mass is 9.54. The van der Waals surface area contributed by atoms with Crippen LogP contribution in [0.2, 0.25) is 0 Å². The van der Waals surface area contributed by atoms with Crippen molar-refractivity contribution in [1.29, 1.82) is 0 Å². The van der Waals surface area contributed by atoms with Gasteiger partial charge in [0.05, 0.1) is 0 Å². The first-order chi connectivity index (χ1) is 10.2. The third-order valence-corrected chi connectivity index (χ3v) is 6.31. The summed E-state index contributed by atoms with van der Waals surface area (Å²) in [5.74, 6) is 3.64. The van der Waals surface area contributed by atoms with Crippen LogP contribution in [0.25, 0.3) is 0 Å². The predicted octanol–water partition coefficient (Wildman–Crippen LogP) is 4.69. The lowest BCUT2D eigenvalue weighted by molar-refractivity contribution is -0.0181. The molecular formula is C19H26FN. The van der Waals surface area contributed by atoms with E-state index >= 15 is 0 Å². The van der Waals surface area contributed by atoms with Crippen molar-refractivity contribution in [2.24, 2.45) is 23.7 Å². The van der Waals surface area contributed by atoms with E-state index < -0.39 is 0 Å². The molecule has 0 aromatic heterocycles. The monoisotopic (exact) mass is 287 g/mol. The van der Waals surface area contributed by atoms with Gasteiger partial charge < -0.3 is 5.32 Å². The molecule has 0 saturated heterocycles. The van der Waals surface area contributed by atoms with Crippen LogP contribution in [-0.4, -0.2) is 6.04 Å². The minimum atomic E-state index is -0.0549. The van der Waals surface area contributed by atoms with Crippen molar-refractivity contribution < 1.29 is 4.39 Å². The maximum atomic E-state index is 14.1. The molecule has 1 N–H and O–H groups in total. The first-order valence-electron chi connectivity index (χ1n) is 8.75. The van der Waals surface area contributed by atoms with Gasteiger partial charge in [-0.2, -0.15) is 0 Å². The maximum Gasteiger partial charge on any atom is 0.127 e. The van der Waals surface area contributed by atoms with Crippen molar-refractivity contribution in [3.63, 3.8) is 0 Å². The number of hydrogen-bond donors (Lipinski definition) is 1. The molecule has 0 amide bonds. The van der Waals surface area contributed by atoms with Crippen molar-refractivity contribution in [2.75, 3.05) is 0 Å². The second-order valence-electron chi connectivity index (χ2n) is 7.61. The van der Waals surface area contributed by atoms with Crippen LogP contribution >= 0.6 is 0 Å². The minimum Gasteiger partial charge on any atom is -0.307 e. The first kappa shape index (κ1) is 13.8. The zero-order chi connectivity index (χ0) is 14.4. The van der Waals surface area contributed by atoms with Crippen molar-refractivity contribution >= 4 is 0 Å². The molecule has 4 aliphatic rings. The Morgan fingerprint density at radius 3 is 2.24 bits per heavy atom. The summed E-state index contributed by atoms with van der Waals surface area (Å²) in [5.41, 5.74) is 0.855. The van der Waals surface area contributed by atoms with Crippen LogP contribution in [0.1, 0.15) is 57.1 Å². The van der Waals surface area contributed by atoms with E-state index in [0.29, 0.717) is 6.04 Å². The van der Waals surface area contributed by atoms with E-state index in [1.807, 2.05) is 12.1 Å². The fraction of sp³-hybridized carbons (Fsp3) is 0.684. The number of rotatable bonds is 4. The second kappa shape index (κ2) is 5.39. The molecule has 0 radical (unpaired) electrons. The van der Waals surface area contributed by atoms with E-state index in [4.69, 9.17) is 0 Å². The van der Waals surface area contributed by atoms with Crippen LogP contribution in [0.3, 0.4) is 0 Å². The highest BCUT2D eigenvalue weighted by molar-refractivity contribution is 5.21. The van der Waals surface area contributed by atoms with E-state index in [-0.39, 0.29) is 11.9 Å². The van der Waals surface area contributed by atoms with Crippen LogP contribution in [0.4, 0.5) is 4.39 Å². The summed E-state index contributed by atoms with van der Waals surface area (Å²) in [5, 5.41) is 3.87. The average Bonchev–Trinajstić information content (AvgIpc) is 2.47. The SMILES string of the molecule is CCC(NC1C2CC3CC(C2)CC1C3)c1ccccc1F. The van der Waals surface area contributed by atoms with Crippen LogP contribution in [0, 0.1) is 29.5 Å². The first-order valence-corrected chi connectivity index (χ1v) is 8.75. The lowest BCUT2D eigenvalue weighted by Crippen LogP contribution is -2.55. The summed E-state index contributed by atoms with van der Waals surface area (Å²) in [7, 11) is 0. The van der Waals surface area contributed by atoms with E-state index in [0.717, 1.165) is 35.7 Å². The molecule has 1 unspecified atom stereocenters. The fourth-order valence-electron chi connectivity index (χ4n) is 5.61. The number of benzene rings is 1. The molecule has 5 rings (SSSR count). The molecular weight excluding hydrogens is 261 g/mol.